The Kier molecular flexibility index (Phi) is 7.23. The van der Waals surface area contributed by atoms with Gasteiger partial charge in [0.05, 0.1) is 19.0 Å². The number of hydroxylamine groups is 3. The second-order valence-electron chi connectivity index (χ2n) is 8.46. The topological polar surface area (TPSA) is 64.6 Å². The summed E-state index contributed by atoms with van der Waals surface area (Å²) in [5, 5.41) is 15.7. The molecule has 2 aliphatic rings. The number of benzene rings is 1. The van der Waals surface area contributed by atoms with Crippen molar-refractivity contribution < 1.29 is 14.2 Å². The van der Waals surface area contributed by atoms with E-state index >= 15 is 0 Å². The number of anilines is 1. The molecule has 1 fully saturated rings. The van der Waals surface area contributed by atoms with Gasteiger partial charge in [-0.2, -0.15) is 0 Å². The number of halogens is 1. The summed E-state index contributed by atoms with van der Waals surface area (Å²) in [6.45, 7) is 5.59. The van der Waals surface area contributed by atoms with Crippen LogP contribution in [-0.4, -0.2) is 44.1 Å². The number of carbonyl (C=O) groups is 1. The number of likely N-dealkylation sites (tertiary alicyclic amines) is 1. The molecule has 6 nitrogen and oxygen atoms in total. The Morgan fingerprint density at radius 2 is 2.07 bits per heavy atom. The van der Waals surface area contributed by atoms with Crippen molar-refractivity contribution >= 4 is 24.2 Å². The van der Waals surface area contributed by atoms with Crippen molar-refractivity contribution in [3.8, 4) is 5.75 Å². The number of likely N-dealkylation sites (N-methyl/N-ethyl adjacent to an activating group) is 2. The normalized spacial score (nSPS) is 27.8. The molecule has 1 aromatic carbocycles. The summed E-state index contributed by atoms with van der Waals surface area (Å²) >= 11 is 0. The number of nitrogens with one attached hydrogen (secondary N) is 1. The molecule has 0 aliphatic carbocycles. The zero-order valence-corrected chi connectivity index (χ0v) is 18.3. The highest BCUT2D eigenvalue weighted by Gasteiger charge is 2.58. The molecular formula is C21H34ClN3O3. The van der Waals surface area contributed by atoms with Crippen LogP contribution < -0.4 is 15.0 Å². The first kappa shape index (κ1) is 22.8. The van der Waals surface area contributed by atoms with Crippen LogP contribution >= 0.6 is 12.4 Å². The van der Waals surface area contributed by atoms with Gasteiger partial charge in [0.2, 0.25) is 0 Å². The number of amides is 1. The SMILES string of the molecule is CCCCCCCNC(=O)Oc1ccc2c(c1)[C@]1(C)CC[N+](C)([O-])[C@@H]1N2C.Cl. The van der Waals surface area contributed by atoms with Crippen molar-refractivity contribution in [2.24, 2.45) is 0 Å². The third kappa shape index (κ3) is 4.24. The van der Waals surface area contributed by atoms with E-state index in [-0.39, 0.29) is 28.6 Å². The highest BCUT2D eigenvalue weighted by atomic mass is 35.5. The molecule has 3 atom stereocenters. The van der Waals surface area contributed by atoms with Crippen LogP contribution in [0.3, 0.4) is 0 Å². The maximum absolute atomic E-state index is 12.9. The second-order valence-corrected chi connectivity index (χ2v) is 8.46. The smallest absolute Gasteiger partial charge is 0.412 e. The highest BCUT2D eigenvalue weighted by Crippen LogP contribution is 2.53. The second kappa shape index (κ2) is 8.89. The van der Waals surface area contributed by atoms with Crippen molar-refractivity contribution in [2.45, 2.75) is 64.0 Å². The Morgan fingerprint density at radius 3 is 2.79 bits per heavy atom. The maximum Gasteiger partial charge on any atom is 0.412 e. The molecule has 2 aliphatic heterocycles. The first-order chi connectivity index (χ1) is 12.8. The highest BCUT2D eigenvalue weighted by molar-refractivity contribution is 5.85. The Hall–Kier alpha value is -1.50. The fourth-order valence-corrected chi connectivity index (χ4v) is 4.91. The number of fused-ring (bicyclic) bond motifs is 3. The Morgan fingerprint density at radius 1 is 1.36 bits per heavy atom. The van der Waals surface area contributed by atoms with Gasteiger partial charge in [-0.15, -0.1) is 12.4 Å². The van der Waals surface area contributed by atoms with Crippen LogP contribution in [0.5, 0.6) is 5.75 Å². The fourth-order valence-electron chi connectivity index (χ4n) is 4.91. The molecule has 0 spiro atoms. The molecule has 1 N–H and O–H groups in total. The van der Waals surface area contributed by atoms with Crippen LogP contribution in [0.25, 0.3) is 0 Å². The lowest BCUT2D eigenvalue weighted by atomic mass is 9.81. The Balaban J connectivity index is 0.00000280. The van der Waals surface area contributed by atoms with E-state index in [1.165, 1.54) is 19.3 Å². The van der Waals surface area contributed by atoms with Crippen molar-refractivity contribution in [3.05, 3.63) is 29.0 Å². The van der Waals surface area contributed by atoms with Gasteiger partial charge in [0.25, 0.3) is 0 Å². The Labute approximate surface area is 174 Å². The number of carbonyl (C=O) groups excluding carboxylic acids is 1. The van der Waals surface area contributed by atoms with E-state index < -0.39 is 6.09 Å². The molecule has 1 aromatic rings. The van der Waals surface area contributed by atoms with Crippen LogP contribution in [-0.2, 0) is 5.41 Å². The molecule has 2 heterocycles. The van der Waals surface area contributed by atoms with E-state index in [2.05, 4.69) is 24.1 Å². The maximum atomic E-state index is 12.9. The number of unbranched alkanes of at least 4 members (excludes halogenated alkanes) is 4. The number of hydrogen-bond acceptors (Lipinski definition) is 4. The van der Waals surface area contributed by atoms with Crippen molar-refractivity contribution in [3.63, 3.8) is 0 Å². The van der Waals surface area contributed by atoms with E-state index in [4.69, 9.17) is 4.74 Å². The quantitative estimate of drug-likeness (QED) is 0.406. The zero-order chi connectivity index (χ0) is 19.7. The van der Waals surface area contributed by atoms with Crippen LogP contribution in [0.1, 0.15) is 57.9 Å². The molecule has 0 bridgehead atoms. The number of quaternary nitrogens is 1. The number of hydrogen-bond donors (Lipinski definition) is 1. The first-order valence-electron chi connectivity index (χ1n) is 10.2. The molecule has 1 unspecified atom stereocenters. The van der Waals surface area contributed by atoms with Gasteiger partial charge in [-0.25, -0.2) is 4.79 Å². The minimum Gasteiger partial charge on any atom is -0.631 e. The van der Waals surface area contributed by atoms with Gasteiger partial charge in [0.1, 0.15) is 5.75 Å². The van der Waals surface area contributed by atoms with Crippen LogP contribution in [0.2, 0.25) is 0 Å². The van der Waals surface area contributed by atoms with Crippen LogP contribution in [0, 0.1) is 5.21 Å². The molecular weight excluding hydrogens is 378 g/mol. The number of ether oxygens (including phenoxy) is 1. The minimum absolute atomic E-state index is 0. The lowest BCUT2D eigenvalue weighted by Gasteiger charge is -2.44. The third-order valence-electron chi connectivity index (χ3n) is 6.25. The van der Waals surface area contributed by atoms with E-state index in [9.17, 15) is 10.0 Å². The summed E-state index contributed by atoms with van der Waals surface area (Å²) in [6.07, 6.45) is 6.08. The van der Waals surface area contributed by atoms with Gasteiger partial charge >= 0.3 is 6.09 Å². The molecule has 0 aromatic heterocycles. The lowest BCUT2D eigenvalue weighted by molar-refractivity contribution is -0.874. The minimum atomic E-state index is -0.408. The van der Waals surface area contributed by atoms with Gasteiger partial charge in [0.15, 0.2) is 6.17 Å². The summed E-state index contributed by atoms with van der Waals surface area (Å²) < 4.78 is 5.24. The predicted molar refractivity (Wildman–Crippen MR) is 115 cm³/mol. The van der Waals surface area contributed by atoms with Gasteiger partial charge < -0.3 is 24.8 Å². The van der Waals surface area contributed by atoms with Crippen LogP contribution in [0.4, 0.5) is 10.5 Å². The average Bonchev–Trinajstić information content (AvgIpc) is 3.00. The monoisotopic (exact) mass is 411 g/mol. The van der Waals surface area contributed by atoms with Crippen molar-refractivity contribution in [1.82, 2.24) is 5.32 Å². The summed E-state index contributed by atoms with van der Waals surface area (Å²) in [6, 6.07) is 5.72. The van der Waals surface area contributed by atoms with Gasteiger partial charge in [-0.05, 0) is 37.1 Å². The average molecular weight is 412 g/mol. The molecule has 0 radical (unpaired) electrons. The molecule has 7 heteroatoms. The number of rotatable bonds is 7. The number of nitrogens with zero attached hydrogens (tertiary/aromatic N) is 2. The third-order valence-corrected chi connectivity index (χ3v) is 6.25. The summed E-state index contributed by atoms with van der Waals surface area (Å²) in [5.41, 5.74) is 1.96. The van der Waals surface area contributed by atoms with Crippen LogP contribution in [0.15, 0.2) is 18.2 Å². The van der Waals surface area contributed by atoms with Gasteiger partial charge in [-0.1, -0.05) is 32.6 Å². The molecule has 0 saturated carbocycles. The van der Waals surface area contributed by atoms with Crippen molar-refractivity contribution in [1.29, 1.82) is 0 Å². The first-order valence-corrected chi connectivity index (χ1v) is 10.2. The molecule has 28 heavy (non-hydrogen) atoms. The Bertz CT molecular complexity index is 697. The van der Waals surface area contributed by atoms with E-state index in [1.54, 1.807) is 7.05 Å². The van der Waals surface area contributed by atoms with Gasteiger partial charge in [-0.3, -0.25) is 0 Å². The zero-order valence-electron chi connectivity index (χ0n) is 17.5. The molecule has 1 amide bonds. The van der Waals surface area contributed by atoms with Gasteiger partial charge in [0, 0.05) is 25.7 Å². The summed E-state index contributed by atoms with van der Waals surface area (Å²) in [5.74, 6) is 0.541. The predicted octanol–water partition coefficient (Wildman–Crippen LogP) is 4.55. The van der Waals surface area contributed by atoms with E-state index in [1.807, 2.05) is 25.2 Å². The molecule has 158 valence electrons. The fraction of sp³-hybridized carbons (Fsp3) is 0.667. The largest absolute Gasteiger partial charge is 0.631 e. The van der Waals surface area contributed by atoms with Crippen molar-refractivity contribution in [2.75, 3.05) is 32.1 Å². The summed E-state index contributed by atoms with van der Waals surface area (Å²) in [7, 11) is 3.74. The summed E-state index contributed by atoms with van der Waals surface area (Å²) in [4.78, 5) is 14.2. The molecule has 1 saturated heterocycles. The van der Waals surface area contributed by atoms with E-state index in [0.29, 0.717) is 18.8 Å². The lowest BCUT2D eigenvalue weighted by Crippen LogP contribution is -2.54. The standard InChI is InChI=1S/C21H33N3O3.ClH/c1-5-6-7-8-9-13-22-20(25)27-16-10-11-18-17(15-16)21(2)12-14-24(4,26)19(21)23(18)3;/h10-11,15,19H,5-9,12-14H2,1-4H3,(H,22,25);1H/t19-,21-,24?;/m0./s1. The molecule has 3 rings (SSSR count). The van der Waals surface area contributed by atoms with E-state index in [0.717, 1.165) is 30.5 Å².